The fourth-order valence-corrected chi connectivity index (χ4v) is 2.84. The second-order valence-corrected chi connectivity index (χ2v) is 6.44. The third-order valence-corrected chi connectivity index (χ3v) is 4.36. The Balaban J connectivity index is 1.56. The van der Waals surface area contributed by atoms with Crippen LogP contribution in [0, 0.1) is 5.82 Å². The first-order valence-corrected chi connectivity index (χ1v) is 8.95. The Bertz CT molecular complexity index is 897. The van der Waals surface area contributed by atoms with E-state index in [1.807, 2.05) is 30.3 Å². The molecule has 1 heterocycles. The SMILES string of the molecule is COC(c1ccccc1)c1nnc(CCC(=O)N(C)Cc2ccc(F)cc2)o1. The maximum Gasteiger partial charge on any atom is 0.249 e. The van der Waals surface area contributed by atoms with Crippen molar-refractivity contribution in [2.24, 2.45) is 0 Å². The number of aryl methyl sites for hydroxylation is 1. The summed E-state index contributed by atoms with van der Waals surface area (Å²) in [6, 6.07) is 15.7. The van der Waals surface area contributed by atoms with Crippen molar-refractivity contribution < 1.29 is 18.3 Å². The number of ether oxygens (including phenoxy) is 1. The normalized spacial score (nSPS) is 12.0. The highest BCUT2D eigenvalue weighted by Crippen LogP contribution is 2.24. The van der Waals surface area contributed by atoms with Crippen molar-refractivity contribution in [1.29, 1.82) is 0 Å². The molecule has 7 heteroatoms. The highest BCUT2D eigenvalue weighted by atomic mass is 19.1. The summed E-state index contributed by atoms with van der Waals surface area (Å²) in [5.74, 6) is 0.387. The van der Waals surface area contributed by atoms with Gasteiger partial charge in [-0.3, -0.25) is 4.79 Å². The van der Waals surface area contributed by atoms with Crippen molar-refractivity contribution in [3.63, 3.8) is 0 Å². The third-order valence-electron chi connectivity index (χ3n) is 4.36. The highest BCUT2D eigenvalue weighted by Gasteiger charge is 2.20. The molecule has 3 aromatic rings. The number of halogens is 1. The number of carbonyl (C=O) groups excluding carboxylic acids is 1. The molecule has 0 saturated heterocycles. The van der Waals surface area contributed by atoms with Gasteiger partial charge < -0.3 is 14.1 Å². The Hall–Kier alpha value is -3.06. The minimum atomic E-state index is -0.445. The van der Waals surface area contributed by atoms with Crippen LogP contribution in [0.15, 0.2) is 59.0 Å². The van der Waals surface area contributed by atoms with Gasteiger partial charge in [-0.25, -0.2) is 4.39 Å². The zero-order valence-electron chi connectivity index (χ0n) is 15.8. The van der Waals surface area contributed by atoms with Gasteiger partial charge in [0.05, 0.1) is 0 Å². The fourth-order valence-electron chi connectivity index (χ4n) is 2.84. The van der Waals surface area contributed by atoms with E-state index in [1.165, 1.54) is 12.1 Å². The molecule has 0 aliphatic rings. The average molecular weight is 383 g/mol. The van der Waals surface area contributed by atoms with E-state index >= 15 is 0 Å². The van der Waals surface area contributed by atoms with Gasteiger partial charge in [-0.05, 0) is 23.3 Å². The van der Waals surface area contributed by atoms with Crippen LogP contribution in [0.3, 0.4) is 0 Å². The van der Waals surface area contributed by atoms with Gasteiger partial charge in [0.15, 0.2) is 6.10 Å². The third kappa shape index (κ3) is 5.01. The van der Waals surface area contributed by atoms with Gasteiger partial charge in [0.2, 0.25) is 17.7 Å². The van der Waals surface area contributed by atoms with Gasteiger partial charge in [0.1, 0.15) is 5.82 Å². The van der Waals surface area contributed by atoms with E-state index < -0.39 is 6.10 Å². The standard InChI is InChI=1S/C21H22FN3O3/c1-25(14-15-8-10-17(22)11-9-15)19(26)13-12-18-23-24-21(28-18)20(27-2)16-6-4-3-5-7-16/h3-11,20H,12-14H2,1-2H3. The van der Waals surface area contributed by atoms with E-state index in [1.54, 1.807) is 31.2 Å². The van der Waals surface area contributed by atoms with Crippen molar-refractivity contribution in [1.82, 2.24) is 15.1 Å². The summed E-state index contributed by atoms with van der Waals surface area (Å²) >= 11 is 0. The smallest absolute Gasteiger partial charge is 0.249 e. The second kappa shape index (κ2) is 9.23. The van der Waals surface area contributed by atoms with Gasteiger partial charge in [0, 0.05) is 33.5 Å². The number of benzene rings is 2. The monoisotopic (exact) mass is 383 g/mol. The summed E-state index contributed by atoms with van der Waals surface area (Å²) in [7, 11) is 3.29. The second-order valence-electron chi connectivity index (χ2n) is 6.44. The molecule has 6 nitrogen and oxygen atoms in total. The lowest BCUT2D eigenvalue weighted by Gasteiger charge is -2.16. The Labute approximate surface area is 163 Å². The fraction of sp³-hybridized carbons (Fsp3) is 0.286. The molecule has 0 aliphatic heterocycles. The molecule has 0 N–H and O–H groups in total. The van der Waals surface area contributed by atoms with E-state index in [-0.39, 0.29) is 18.1 Å². The molecule has 146 valence electrons. The van der Waals surface area contributed by atoms with E-state index in [2.05, 4.69) is 10.2 Å². The summed E-state index contributed by atoms with van der Waals surface area (Å²) in [6.07, 6.45) is 0.131. The number of rotatable bonds is 8. The quantitative estimate of drug-likeness (QED) is 0.595. The number of amides is 1. The predicted molar refractivity (Wildman–Crippen MR) is 101 cm³/mol. The maximum atomic E-state index is 13.0. The minimum absolute atomic E-state index is 0.0598. The highest BCUT2D eigenvalue weighted by molar-refractivity contribution is 5.76. The van der Waals surface area contributed by atoms with Crippen molar-refractivity contribution in [3.05, 3.63) is 83.3 Å². The Morgan fingerprint density at radius 1 is 1.14 bits per heavy atom. The van der Waals surface area contributed by atoms with E-state index in [0.717, 1.165) is 11.1 Å². The van der Waals surface area contributed by atoms with Gasteiger partial charge in [0.25, 0.3) is 0 Å². The number of aromatic nitrogens is 2. The molecular formula is C21H22FN3O3. The molecule has 28 heavy (non-hydrogen) atoms. The van der Waals surface area contributed by atoms with Crippen LogP contribution in [0.25, 0.3) is 0 Å². The summed E-state index contributed by atoms with van der Waals surface area (Å²) < 4.78 is 24.1. The first-order valence-electron chi connectivity index (χ1n) is 8.95. The van der Waals surface area contributed by atoms with E-state index in [0.29, 0.717) is 24.7 Å². The molecule has 0 fully saturated rings. The first kappa shape index (κ1) is 19.7. The van der Waals surface area contributed by atoms with Crippen LogP contribution >= 0.6 is 0 Å². The molecule has 1 atom stereocenters. The van der Waals surface area contributed by atoms with Crippen molar-refractivity contribution >= 4 is 5.91 Å². The van der Waals surface area contributed by atoms with Gasteiger partial charge >= 0.3 is 0 Å². The van der Waals surface area contributed by atoms with Gasteiger partial charge in [-0.2, -0.15) is 0 Å². The number of nitrogens with zero attached hydrogens (tertiary/aromatic N) is 3. The zero-order valence-corrected chi connectivity index (χ0v) is 15.8. The maximum absolute atomic E-state index is 13.0. The topological polar surface area (TPSA) is 68.5 Å². The lowest BCUT2D eigenvalue weighted by molar-refractivity contribution is -0.130. The predicted octanol–water partition coefficient (Wildman–Crippen LogP) is 3.54. The number of hydrogen-bond donors (Lipinski definition) is 0. The Kier molecular flexibility index (Phi) is 6.49. The van der Waals surface area contributed by atoms with Crippen molar-refractivity contribution in [2.45, 2.75) is 25.5 Å². The largest absolute Gasteiger partial charge is 0.422 e. The molecule has 1 amide bonds. The lowest BCUT2D eigenvalue weighted by atomic mass is 10.1. The molecule has 1 aromatic heterocycles. The molecule has 1 unspecified atom stereocenters. The molecule has 0 bridgehead atoms. The Morgan fingerprint density at radius 2 is 1.86 bits per heavy atom. The van der Waals surface area contributed by atoms with Crippen LogP contribution in [-0.4, -0.2) is 35.2 Å². The van der Waals surface area contributed by atoms with Crippen molar-refractivity contribution in [2.75, 3.05) is 14.2 Å². The number of hydrogen-bond acceptors (Lipinski definition) is 5. The van der Waals surface area contributed by atoms with E-state index in [4.69, 9.17) is 9.15 Å². The molecule has 0 aliphatic carbocycles. The average Bonchev–Trinajstić information content (AvgIpc) is 3.18. The molecule has 0 radical (unpaired) electrons. The van der Waals surface area contributed by atoms with Crippen LogP contribution < -0.4 is 0 Å². The van der Waals surface area contributed by atoms with Crippen LogP contribution in [0.1, 0.15) is 35.4 Å². The minimum Gasteiger partial charge on any atom is -0.422 e. The summed E-state index contributed by atoms with van der Waals surface area (Å²) in [5, 5.41) is 8.09. The zero-order chi connectivity index (χ0) is 19.9. The summed E-state index contributed by atoms with van der Waals surface area (Å²) in [6.45, 7) is 0.411. The molecular weight excluding hydrogens is 361 g/mol. The molecule has 3 rings (SSSR count). The number of methoxy groups -OCH3 is 1. The van der Waals surface area contributed by atoms with Gasteiger partial charge in [-0.1, -0.05) is 42.5 Å². The number of carbonyl (C=O) groups is 1. The van der Waals surface area contributed by atoms with Crippen molar-refractivity contribution in [3.8, 4) is 0 Å². The van der Waals surface area contributed by atoms with Crippen LogP contribution in [-0.2, 0) is 22.5 Å². The van der Waals surface area contributed by atoms with Crippen LogP contribution in [0.5, 0.6) is 0 Å². The summed E-state index contributed by atoms with van der Waals surface area (Å²) in [5.41, 5.74) is 1.78. The lowest BCUT2D eigenvalue weighted by Crippen LogP contribution is -2.26. The van der Waals surface area contributed by atoms with Crippen LogP contribution in [0.4, 0.5) is 4.39 Å². The van der Waals surface area contributed by atoms with E-state index in [9.17, 15) is 9.18 Å². The summed E-state index contributed by atoms with van der Waals surface area (Å²) in [4.78, 5) is 13.9. The molecule has 2 aromatic carbocycles. The first-order chi connectivity index (χ1) is 13.6. The van der Waals surface area contributed by atoms with Gasteiger partial charge in [-0.15, -0.1) is 10.2 Å². The van der Waals surface area contributed by atoms with Crippen LogP contribution in [0.2, 0.25) is 0 Å². The molecule has 0 saturated carbocycles. The molecule has 0 spiro atoms. The Morgan fingerprint density at radius 3 is 2.54 bits per heavy atom.